The van der Waals surface area contributed by atoms with E-state index in [2.05, 4.69) is 42.9 Å². The van der Waals surface area contributed by atoms with Crippen molar-refractivity contribution in [3.05, 3.63) is 52.1 Å². The Morgan fingerprint density at radius 3 is 2.71 bits per heavy atom. The first-order valence-electron chi connectivity index (χ1n) is 6.28. The largest absolute Gasteiger partial charge is 0.362 e. The molecule has 0 saturated carbocycles. The summed E-state index contributed by atoms with van der Waals surface area (Å²) in [5.41, 5.74) is 8.13. The lowest BCUT2D eigenvalue weighted by atomic mass is 9.91. The fraction of sp³-hybridized carbons (Fsp3) is 0.400. The van der Waals surface area contributed by atoms with E-state index in [1.54, 1.807) is 0 Å². The van der Waals surface area contributed by atoms with Crippen LogP contribution in [0.4, 0.5) is 0 Å². The second kappa shape index (κ2) is 3.73. The van der Waals surface area contributed by atoms with Crippen molar-refractivity contribution < 1.29 is 0 Å². The Morgan fingerprint density at radius 1 is 1.12 bits per heavy atom. The van der Waals surface area contributed by atoms with E-state index >= 15 is 0 Å². The summed E-state index contributed by atoms with van der Waals surface area (Å²) in [6, 6.07) is 4.54. The number of nitrogens with zero attached hydrogens (tertiary/aromatic N) is 1. The molecule has 0 amide bonds. The van der Waals surface area contributed by atoms with Crippen LogP contribution in [0.1, 0.15) is 53.5 Å². The minimum Gasteiger partial charge on any atom is -0.362 e. The number of H-pyrrole nitrogens is 1. The fourth-order valence-corrected chi connectivity index (χ4v) is 2.56. The molecule has 1 aliphatic rings. The van der Waals surface area contributed by atoms with Gasteiger partial charge in [0.1, 0.15) is 0 Å². The van der Waals surface area contributed by atoms with Crippen LogP contribution in [0.3, 0.4) is 0 Å². The van der Waals surface area contributed by atoms with Gasteiger partial charge >= 0.3 is 0 Å². The highest BCUT2D eigenvalue weighted by atomic mass is 14.7. The summed E-state index contributed by atoms with van der Waals surface area (Å²) in [4.78, 5) is 7.97. The first-order chi connectivity index (χ1) is 8.13. The summed E-state index contributed by atoms with van der Waals surface area (Å²) in [6.45, 7) is 6.52. The van der Waals surface area contributed by atoms with Crippen molar-refractivity contribution in [3.8, 4) is 0 Å². The molecule has 2 heteroatoms. The number of aryl methyl sites for hydroxylation is 1. The molecule has 0 saturated heterocycles. The van der Waals surface area contributed by atoms with E-state index in [1.807, 2.05) is 6.20 Å². The molecular formula is C15H18N2. The zero-order valence-electron chi connectivity index (χ0n) is 10.7. The number of pyridine rings is 1. The third-order valence-corrected chi connectivity index (χ3v) is 3.60. The van der Waals surface area contributed by atoms with Crippen molar-refractivity contribution in [2.75, 3.05) is 0 Å². The van der Waals surface area contributed by atoms with Gasteiger partial charge in [0.2, 0.25) is 0 Å². The van der Waals surface area contributed by atoms with Crippen LogP contribution in [-0.4, -0.2) is 9.97 Å². The Bertz CT molecular complexity index is 564. The molecule has 2 aromatic heterocycles. The van der Waals surface area contributed by atoms with Gasteiger partial charge in [0.25, 0.3) is 0 Å². The van der Waals surface area contributed by atoms with Crippen molar-refractivity contribution in [2.24, 2.45) is 0 Å². The van der Waals surface area contributed by atoms with Crippen LogP contribution in [0.15, 0.2) is 18.3 Å². The van der Waals surface area contributed by atoms with Crippen LogP contribution in [0.2, 0.25) is 0 Å². The SMILES string of the molecule is Cc1cc2c(cn1)Cc1cc(C(C)C)[nH]c1C2. The molecule has 0 aliphatic heterocycles. The van der Waals surface area contributed by atoms with Gasteiger partial charge in [-0.25, -0.2) is 0 Å². The van der Waals surface area contributed by atoms with E-state index in [-0.39, 0.29) is 0 Å². The molecule has 0 radical (unpaired) electrons. The molecule has 0 spiro atoms. The van der Waals surface area contributed by atoms with Gasteiger partial charge in [-0.3, -0.25) is 4.98 Å². The Hall–Kier alpha value is -1.57. The Balaban J connectivity index is 2.02. The van der Waals surface area contributed by atoms with Gasteiger partial charge in [-0.2, -0.15) is 0 Å². The number of hydrogen-bond acceptors (Lipinski definition) is 1. The van der Waals surface area contributed by atoms with Gasteiger partial charge in [-0.15, -0.1) is 0 Å². The third-order valence-electron chi connectivity index (χ3n) is 3.60. The number of nitrogens with one attached hydrogen (secondary N) is 1. The Kier molecular flexibility index (Phi) is 2.32. The summed E-state index contributed by atoms with van der Waals surface area (Å²) in [5.74, 6) is 0.573. The fourth-order valence-electron chi connectivity index (χ4n) is 2.56. The van der Waals surface area contributed by atoms with Gasteiger partial charge in [0.05, 0.1) is 0 Å². The first-order valence-corrected chi connectivity index (χ1v) is 6.28. The highest BCUT2D eigenvalue weighted by Gasteiger charge is 2.18. The van der Waals surface area contributed by atoms with Crippen LogP contribution in [0.25, 0.3) is 0 Å². The molecule has 88 valence electrons. The van der Waals surface area contributed by atoms with Crippen molar-refractivity contribution in [3.63, 3.8) is 0 Å². The first kappa shape index (κ1) is 10.6. The Morgan fingerprint density at radius 2 is 1.94 bits per heavy atom. The quantitative estimate of drug-likeness (QED) is 0.677. The molecule has 1 N–H and O–H groups in total. The minimum absolute atomic E-state index is 0.573. The third kappa shape index (κ3) is 1.78. The normalized spacial score (nSPS) is 13.6. The predicted molar refractivity (Wildman–Crippen MR) is 69.5 cm³/mol. The molecule has 0 fully saturated rings. The summed E-state index contributed by atoms with van der Waals surface area (Å²) in [7, 11) is 0. The monoisotopic (exact) mass is 226 g/mol. The summed E-state index contributed by atoms with van der Waals surface area (Å²) in [5, 5.41) is 0. The van der Waals surface area contributed by atoms with E-state index in [0.29, 0.717) is 5.92 Å². The molecular weight excluding hydrogens is 208 g/mol. The van der Waals surface area contributed by atoms with Gasteiger partial charge in [-0.05, 0) is 41.7 Å². The van der Waals surface area contributed by atoms with Crippen LogP contribution in [-0.2, 0) is 12.8 Å². The van der Waals surface area contributed by atoms with Crippen LogP contribution in [0.5, 0.6) is 0 Å². The summed E-state index contributed by atoms with van der Waals surface area (Å²) < 4.78 is 0. The molecule has 0 bridgehead atoms. The van der Waals surface area contributed by atoms with Crippen LogP contribution >= 0.6 is 0 Å². The molecule has 2 aromatic rings. The van der Waals surface area contributed by atoms with Gasteiger partial charge < -0.3 is 4.98 Å². The number of aromatic nitrogens is 2. The lowest BCUT2D eigenvalue weighted by Crippen LogP contribution is -2.07. The molecule has 2 nitrogen and oxygen atoms in total. The maximum absolute atomic E-state index is 4.40. The van der Waals surface area contributed by atoms with Crippen molar-refractivity contribution in [1.29, 1.82) is 0 Å². The molecule has 2 heterocycles. The molecule has 0 aromatic carbocycles. The lowest BCUT2D eigenvalue weighted by molar-refractivity contribution is 0.824. The second-order valence-electron chi connectivity index (χ2n) is 5.33. The average molecular weight is 226 g/mol. The number of hydrogen-bond donors (Lipinski definition) is 1. The van der Waals surface area contributed by atoms with E-state index in [1.165, 1.54) is 28.1 Å². The van der Waals surface area contributed by atoms with E-state index < -0.39 is 0 Å². The number of fused-ring (bicyclic) bond motifs is 2. The molecule has 1 aliphatic carbocycles. The highest BCUT2D eigenvalue weighted by Crippen LogP contribution is 2.29. The van der Waals surface area contributed by atoms with Crippen molar-refractivity contribution in [2.45, 2.75) is 39.5 Å². The number of aromatic amines is 1. The van der Waals surface area contributed by atoms with Crippen LogP contribution < -0.4 is 0 Å². The Labute approximate surface area is 102 Å². The smallest absolute Gasteiger partial charge is 0.0375 e. The summed E-state index contributed by atoms with van der Waals surface area (Å²) >= 11 is 0. The lowest BCUT2D eigenvalue weighted by Gasteiger charge is -2.16. The average Bonchev–Trinajstić information content (AvgIpc) is 2.68. The highest BCUT2D eigenvalue weighted by molar-refractivity contribution is 5.44. The van der Waals surface area contributed by atoms with E-state index in [0.717, 1.165) is 18.5 Å². The van der Waals surface area contributed by atoms with E-state index in [4.69, 9.17) is 0 Å². The van der Waals surface area contributed by atoms with Crippen molar-refractivity contribution >= 4 is 0 Å². The second-order valence-corrected chi connectivity index (χ2v) is 5.33. The molecule has 0 unspecified atom stereocenters. The zero-order chi connectivity index (χ0) is 12.0. The minimum atomic E-state index is 0.573. The molecule has 0 atom stereocenters. The number of rotatable bonds is 1. The van der Waals surface area contributed by atoms with Gasteiger partial charge in [-0.1, -0.05) is 13.8 Å². The predicted octanol–water partition coefficient (Wildman–Crippen LogP) is 3.34. The van der Waals surface area contributed by atoms with Gasteiger partial charge in [0.15, 0.2) is 0 Å². The standard InChI is InChI=1S/C15H18N2/c1-9(2)14-7-12-5-13-8-16-10(3)4-11(13)6-15(12)17-14/h4,7-9,17H,5-6H2,1-3H3. The molecule has 17 heavy (non-hydrogen) atoms. The molecule has 3 rings (SSSR count). The topological polar surface area (TPSA) is 28.7 Å². The van der Waals surface area contributed by atoms with E-state index in [9.17, 15) is 0 Å². The van der Waals surface area contributed by atoms with Gasteiger partial charge in [0, 0.05) is 36.1 Å². The van der Waals surface area contributed by atoms with Crippen LogP contribution in [0, 0.1) is 6.92 Å². The van der Waals surface area contributed by atoms with Crippen molar-refractivity contribution in [1.82, 2.24) is 9.97 Å². The summed E-state index contributed by atoms with van der Waals surface area (Å²) in [6.07, 6.45) is 4.09. The maximum atomic E-state index is 4.40. The zero-order valence-corrected chi connectivity index (χ0v) is 10.7. The maximum Gasteiger partial charge on any atom is 0.0375 e.